The summed E-state index contributed by atoms with van der Waals surface area (Å²) in [4.78, 5) is 27.7. The van der Waals surface area contributed by atoms with Crippen LogP contribution in [0.2, 0.25) is 0 Å². The molecule has 5 aliphatic carbocycles. The van der Waals surface area contributed by atoms with Gasteiger partial charge in [-0.2, -0.15) is 0 Å². The number of hydrogen-bond acceptors (Lipinski definition) is 3. The molecular weight excluding hydrogens is 587 g/mol. The van der Waals surface area contributed by atoms with Gasteiger partial charge in [0.25, 0.3) is 0 Å². The third kappa shape index (κ3) is 4.86. The van der Waals surface area contributed by atoms with Crippen LogP contribution in [0.5, 0.6) is 0 Å². The first kappa shape index (κ1) is 33.4. The number of rotatable bonds is 5. The molecule has 0 heterocycles. The summed E-state index contributed by atoms with van der Waals surface area (Å²) in [6.45, 7) is 22.3. The summed E-state index contributed by atoms with van der Waals surface area (Å²) < 4.78 is 0. The number of anilines is 1. The van der Waals surface area contributed by atoms with Gasteiger partial charge in [0.15, 0.2) is 10.9 Å². The second-order valence-corrected chi connectivity index (χ2v) is 17.5. The lowest BCUT2D eigenvalue weighted by Crippen LogP contribution is -2.65. The second kappa shape index (κ2) is 11.6. The molecule has 0 bridgehead atoms. The van der Waals surface area contributed by atoms with E-state index in [0.29, 0.717) is 41.9 Å². The van der Waals surface area contributed by atoms with E-state index in [1.807, 2.05) is 30.3 Å². The van der Waals surface area contributed by atoms with Crippen LogP contribution in [0.4, 0.5) is 5.69 Å². The van der Waals surface area contributed by atoms with Gasteiger partial charge in [-0.25, -0.2) is 0 Å². The van der Waals surface area contributed by atoms with Crippen molar-refractivity contribution < 1.29 is 9.59 Å². The lowest BCUT2D eigenvalue weighted by molar-refractivity contribution is -0.181. The molecule has 5 aliphatic rings. The molecule has 6 heteroatoms. The molecule has 0 spiro atoms. The number of hydrogen-bond donors (Lipinski definition) is 3. The van der Waals surface area contributed by atoms with Crippen molar-refractivity contribution in [1.82, 2.24) is 10.6 Å². The van der Waals surface area contributed by atoms with Crippen LogP contribution in [0.25, 0.3) is 0 Å². The SMILES string of the molecule is C=C1C[C@]2(C)[C@H]3CC=C4[C@@H]5[C@@H](C)[C@H](C)CC[C@]5(C(=O)NCCNC(=S)Nc5ccccc5)CC[C@@]4(C)[C@]3(C)CC[C@H]2C(C)(C)C1=O. The van der Waals surface area contributed by atoms with E-state index in [1.165, 1.54) is 0 Å². The highest BCUT2D eigenvalue weighted by atomic mass is 32.1. The molecule has 1 amide bonds. The van der Waals surface area contributed by atoms with Gasteiger partial charge in [-0.1, -0.05) is 84.9 Å². The predicted octanol–water partition coefficient (Wildman–Crippen LogP) is 8.48. The van der Waals surface area contributed by atoms with Crippen LogP contribution in [-0.2, 0) is 9.59 Å². The van der Waals surface area contributed by atoms with Crippen LogP contribution in [0, 0.1) is 56.7 Å². The van der Waals surface area contributed by atoms with E-state index in [9.17, 15) is 9.59 Å². The predicted molar refractivity (Wildman–Crippen MR) is 192 cm³/mol. The average Bonchev–Trinajstić information content (AvgIpc) is 3.00. The zero-order valence-corrected chi connectivity index (χ0v) is 30.2. The van der Waals surface area contributed by atoms with Crippen molar-refractivity contribution in [2.24, 2.45) is 56.7 Å². The molecule has 6 rings (SSSR count). The van der Waals surface area contributed by atoms with E-state index in [2.05, 4.69) is 77.1 Å². The van der Waals surface area contributed by atoms with Crippen molar-refractivity contribution in [2.75, 3.05) is 18.4 Å². The molecule has 4 fully saturated rings. The Morgan fingerprint density at radius 1 is 0.935 bits per heavy atom. The Bertz CT molecular complexity index is 1450. The highest BCUT2D eigenvalue weighted by Crippen LogP contribution is 2.75. The Labute approximate surface area is 283 Å². The molecule has 4 saturated carbocycles. The average molecular weight is 644 g/mol. The Balaban J connectivity index is 1.24. The number of thiocarbonyl (C=S) groups is 1. The van der Waals surface area contributed by atoms with Crippen molar-refractivity contribution in [2.45, 2.75) is 99.8 Å². The van der Waals surface area contributed by atoms with Gasteiger partial charge < -0.3 is 16.0 Å². The van der Waals surface area contributed by atoms with Crippen LogP contribution in [0.3, 0.4) is 0 Å². The maximum absolute atomic E-state index is 14.4. The monoisotopic (exact) mass is 643 g/mol. The zero-order chi connectivity index (χ0) is 33.3. The van der Waals surface area contributed by atoms with Crippen molar-refractivity contribution in [3.05, 3.63) is 54.1 Å². The Morgan fingerprint density at radius 2 is 1.63 bits per heavy atom. The second-order valence-electron chi connectivity index (χ2n) is 17.1. The maximum atomic E-state index is 14.4. The number of fused-ring (bicyclic) bond motifs is 7. The van der Waals surface area contributed by atoms with Gasteiger partial charge >= 0.3 is 0 Å². The third-order valence-electron chi connectivity index (χ3n) is 14.8. The summed E-state index contributed by atoms with van der Waals surface area (Å²) in [5.74, 6) is 2.67. The molecule has 1 aromatic rings. The molecule has 9 atom stereocenters. The van der Waals surface area contributed by atoms with Gasteiger partial charge in [-0.3, -0.25) is 9.59 Å². The third-order valence-corrected chi connectivity index (χ3v) is 15.1. The number of carbonyl (C=O) groups is 2. The van der Waals surface area contributed by atoms with E-state index < -0.39 is 0 Å². The van der Waals surface area contributed by atoms with Crippen LogP contribution in [0.15, 0.2) is 54.1 Å². The summed E-state index contributed by atoms with van der Waals surface area (Å²) in [5, 5.41) is 10.4. The van der Waals surface area contributed by atoms with E-state index >= 15 is 0 Å². The van der Waals surface area contributed by atoms with Gasteiger partial charge in [0.1, 0.15) is 0 Å². The Hall–Kier alpha value is -2.47. The lowest BCUT2D eigenvalue weighted by Gasteiger charge is -2.71. The number of para-hydroxylation sites is 1. The Kier molecular flexibility index (Phi) is 8.43. The van der Waals surface area contributed by atoms with Crippen LogP contribution in [-0.4, -0.2) is 29.9 Å². The number of benzene rings is 1. The van der Waals surface area contributed by atoms with Crippen LogP contribution < -0.4 is 16.0 Å². The first-order valence-corrected chi connectivity index (χ1v) is 18.3. The van der Waals surface area contributed by atoms with Gasteiger partial charge in [0, 0.05) is 24.2 Å². The molecule has 0 aliphatic heterocycles. The molecule has 1 aromatic carbocycles. The number of nitrogens with one attached hydrogen (secondary N) is 3. The fourth-order valence-corrected chi connectivity index (χ4v) is 12.3. The molecule has 0 unspecified atom stereocenters. The summed E-state index contributed by atoms with van der Waals surface area (Å²) >= 11 is 5.50. The number of amides is 1. The summed E-state index contributed by atoms with van der Waals surface area (Å²) in [5.41, 5.74) is 2.83. The highest BCUT2D eigenvalue weighted by molar-refractivity contribution is 7.80. The quantitative estimate of drug-likeness (QED) is 0.130. The fraction of sp³-hybridized carbons (Fsp3) is 0.675. The van der Waals surface area contributed by atoms with Crippen molar-refractivity contribution in [1.29, 1.82) is 0 Å². The molecule has 250 valence electrons. The molecule has 3 N–H and O–H groups in total. The molecule has 0 saturated heterocycles. The zero-order valence-electron chi connectivity index (χ0n) is 29.4. The minimum absolute atomic E-state index is 0.0352. The first-order chi connectivity index (χ1) is 21.6. The molecular formula is C40H57N3O2S. The van der Waals surface area contributed by atoms with Gasteiger partial charge in [-0.15, -0.1) is 0 Å². The fourth-order valence-electron chi connectivity index (χ4n) is 12.1. The topological polar surface area (TPSA) is 70.2 Å². The molecule has 5 nitrogen and oxygen atoms in total. The Morgan fingerprint density at radius 3 is 2.35 bits per heavy atom. The van der Waals surface area contributed by atoms with E-state index in [0.717, 1.165) is 62.6 Å². The van der Waals surface area contributed by atoms with Gasteiger partial charge in [-0.05, 0) is 127 Å². The van der Waals surface area contributed by atoms with Crippen molar-refractivity contribution in [3.8, 4) is 0 Å². The summed E-state index contributed by atoms with van der Waals surface area (Å²) in [6.07, 6.45) is 10.8. The first-order valence-electron chi connectivity index (χ1n) is 17.9. The summed E-state index contributed by atoms with van der Waals surface area (Å²) in [6, 6.07) is 9.91. The van der Waals surface area contributed by atoms with Crippen molar-refractivity contribution in [3.63, 3.8) is 0 Å². The maximum Gasteiger partial charge on any atom is 0.226 e. The minimum atomic E-state index is -0.363. The van der Waals surface area contributed by atoms with Crippen LogP contribution >= 0.6 is 12.2 Å². The minimum Gasteiger partial charge on any atom is -0.361 e. The van der Waals surface area contributed by atoms with E-state index in [-0.39, 0.29) is 44.7 Å². The lowest BCUT2D eigenvalue weighted by atomic mass is 9.33. The van der Waals surface area contributed by atoms with Crippen LogP contribution in [0.1, 0.15) is 99.8 Å². The number of Topliss-reactive ketones (excluding diaryl/α,β-unsaturated/α-hetero) is 1. The van der Waals surface area contributed by atoms with E-state index in [4.69, 9.17) is 12.2 Å². The van der Waals surface area contributed by atoms with Gasteiger partial charge in [0.05, 0.1) is 5.41 Å². The van der Waals surface area contributed by atoms with Gasteiger partial charge in [0.2, 0.25) is 5.91 Å². The van der Waals surface area contributed by atoms with Crippen molar-refractivity contribution >= 4 is 34.7 Å². The largest absolute Gasteiger partial charge is 0.361 e. The standard InChI is InChI=1S/C40H57N3O2S/c1-25-16-19-40(34(45)41-22-23-42-35(46)43-28-12-10-9-11-13-28)21-20-38(7)29(32(40)27(25)3)14-15-31-37(6)24-26(2)33(44)36(4,5)30(37)17-18-39(31,38)8/h9-14,25,27,30-32H,2,15-24H2,1,3-8H3,(H,41,45)(H2,42,43,46)/t25-,27+,30+,31-,32+,37+,38-,39-,40+/m1/s1. The smallest absolute Gasteiger partial charge is 0.226 e. The highest BCUT2D eigenvalue weighted by Gasteiger charge is 2.69. The number of carbonyl (C=O) groups excluding carboxylic acids is 2. The summed E-state index contributed by atoms with van der Waals surface area (Å²) in [7, 11) is 0. The number of ketones is 1. The normalized spacial score (nSPS) is 41.1. The van der Waals surface area contributed by atoms with E-state index in [1.54, 1.807) is 5.57 Å². The molecule has 46 heavy (non-hydrogen) atoms. The molecule has 0 radical (unpaired) electrons. The molecule has 0 aromatic heterocycles. The number of allylic oxidation sites excluding steroid dienone is 3.